The fraction of sp³-hybridized carbons (Fsp3) is 0.500. The number of rotatable bonds is 4. The normalized spacial score (nSPS) is 21.7. The predicted octanol–water partition coefficient (Wildman–Crippen LogP) is 3.91. The molecule has 1 unspecified atom stereocenters. The van der Waals surface area contributed by atoms with Crippen molar-refractivity contribution in [1.29, 1.82) is 0 Å². The molecule has 144 valence electrons. The van der Waals surface area contributed by atoms with Gasteiger partial charge in [0.25, 0.3) is 0 Å². The molecule has 0 radical (unpaired) electrons. The summed E-state index contributed by atoms with van der Waals surface area (Å²) in [5.74, 6) is 1.99. The Bertz CT molecular complexity index is 777. The fourth-order valence-corrected chi connectivity index (χ4v) is 4.13. The number of hydrogen-bond acceptors (Lipinski definition) is 4. The molecule has 1 N–H and O–H groups in total. The van der Waals surface area contributed by atoms with Crippen LogP contribution in [0.5, 0.6) is 5.75 Å². The SMILES string of the molecule is CC(C)C(=O)NC1CC2(CCN(Cc3ccco3)CC2)Oc2ccccc21. The van der Waals surface area contributed by atoms with Crippen LogP contribution >= 0.6 is 0 Å². The van der Waals surface area contributed by atoms with Gasteiger partial charge < -0.3 is 14.5 Å². The molecule has 2 aliphatic heterocycles. The van der Waals surface area contributed by atoms with Crippen molar-refractivity contribution >= 4 is 5.91 Å². The van der Waals surface area contributed by atoms with Crippen LogP contribution in [-0.2, 0) is 11.3 Å². The van der Waals surface area contributed by atoms with Gasteiger partial charge in [-0.1, -0.05) is 32.0 Å². The minimum absolute atomic E-state index is 0.0153. The number of nitrogens with zero attached hydrogens (tertiary/aromatic N) is 1. The van der Waals surface area contributed by atoms with Crippen LogP contribution in [0.15, 0.2) is 47.1 Å². The first-order chi connectivity index (χ1) is 13.0. The van der Waals surface area contributed by atoms with Crippen molar-refractivity contribution in [1.82, 2.24) is 10.2 Å². The lowest BCUT2D eigenvalue weighted by molar-refractivity contribution is -0.125. The van der Waals surface area contributed by atoms with Gasteiger partial charge in [0.15, 0.2) is 0 Å². The lowest BCUT2D eigenvalue weighted by Gasteiger charge is -2.47. The third-order valence-electron chi connectivity index (χ3n) is 5.76. The molecule has 1 aromatic carbocycles. The molecule has 1 amide bonds. The van der Waals surface area contributed by atoms with Crippen LogP contribution in [0.25, 0.3) is 0 Å². The van der Waals surface area contributed by atoms with E-state index in [-0.39, 0.29) is 23.5 Å². The summed E-state index contributed by atoms with van der Waals surface area (Å²) in [5.41, 5.74) is 0.887. The Morgan fingerprint density at radius 3 is 2.70 bits per heavy atom. The van der Waals surface area contributed by atoms with E-state index in [9.17, 15) is 4.79 Å². The van der Waals surface area contributed by atoms with Gasteiger partial charge in [-0.05, 0) is 31.0 Å². The third kappa shape index (κ3) is 3.88. The Morgan fingerprint density at radius 2 is 2.00 bits per heavy atom. The number of para-hydroxylation sites is 1. The highest BCUT2D eigenvalue weighted by molar-refractivity contribution is 5.78. The summed E-state index contributed by atoms with van der Waals surface area (Å²) < 4.78 is 12.0. The summed E-state index contributed by atoms with van der Waals surface area (Å²) in [6.07, 6.45) is 4.47. The number of ether oxygens (including phenoxy) is 1. The van der Waals surface area contributed by atoms with Crippen LogP contribution < -0.4 is 10.1 Å². The van der Waals surface area contributed by atoms with E-state index in [1.54, 1.807) is 6.26 Å². The number of piperidine rings is 1. The smallest absolute Gasteiger partial charge is 0.223 e. The van der Waals surface area contributed by atoms with Gasteiger partial charge in [0.05, 0.1) is 18.8 Å². The standard InChI is InChI=1S/C22H28N2O3/c1-16(2)21(25)23-19-14-22(27-20-8-4-3-7-18(19)20)9-11-24(12-10-22)15-17-6-5-13-26-17/h3-8,13,16,19H,9-12,14-15H2,1-2H3,(H,23,25). The summed E-state index contributed by atoms with van der Waals surface area (Å²) in [6.45, 7) is 6.64. The van der Waals surface area contributed by atoms with Gasteiger partial charge in [-0.2, -0.15) is 0 Å². The molecule has 27 heavy (non-hydrogen) atoms. The van der Waals surface area contributed by atoms with Crippen molar-refractivity contribution in [2.75, 3.05) is 13.1 Å². The number of carbonyl (C=O) groups is 1. The van der Waals surface area contributed by atoms with Crippen molar-refractivity contribution in [3.8, 4) is 5.75 Å². The van der Waals surface area contributed by atoms with Crippen molar-refractivity contribution in [2.24, 2.45) is 5.92 Å². The van der Waals surface area contributed by atoms with E-state index in [4.69, 9.17) is 9.15 Å². The Balaban J connectivity index is 1.48. The van der Waals surface area contributed by atoms with E-state index in [0.29, 0.717) is 0 Å². The van der Waals surface area contributed by atoms with E-state index < -0.39 is 0 Å². The van der Waals surface area contributed by atoms with Gasteiger partial charge in [0, 0.05) is 31.0 Å². The first-order valence-corrected chi connectivity index (χ1v) is 9.88. The van der Waals surface area contributed by atoms with Crippen LogP contribution in [0.1, 0.15) is 50.5 Å². The number of amides is 1. The minimum Gasteiger partial charge on any atom is -0.487 e. The maximum absolute atomic E-state index is 12.4. The maximum Gasteiger partial charge on any atom is 0.223 e. The molecule has 1 spiro atoms. The molecule has 2 aromatic rings. The Hall–Kier alpha value is -2.27. The molecule has 5 nitrogen and oxygen atoms in total. The highest BCUT2D eigenvalue weighted by Gasteiger charge is 2.43. The molecular formula is C22H28N2O3. The summed E-state index contributed by atoms with van der Waals surface area (Å²) >= 11 is 0. The van der Waals surface area contributed by atoms with Crippen LogP contribution in [-0.4, -0.2) is 29.5 Å². The second-order valence-electron chi connectivity index (χ2n) is 8.10. The van der Waals surface area contributed by atoms with Crippen molar-refractivity contribution < 1.29 is 13.9 Å². The molecule has 1 saturated heterocycles. The maximum atomic E-state index is 12.4. The average Bonchev–Trinajstić information content (AvgIpc) is 3.17. The molecule has 3 heterocycles. The number of hydrogen-bond donors (Lipinski definition) is 1. The summed E-state index contributed by atoms with van der Waals surface area (Å²) in [4.78, 5) is 14.8. The summed E-state index contributed by atoms with van der Waals surface area (Å²) in [6, 6.07) is 12.1. The minimum atomic E-state index is -0.205. The molecule has 1 fully saturated rings. The first kappa shape index (κ1) is 18.1. The van der Waals surface area contributed by atoms with Gasteiger partial charge in [-0.25, -0.2) is 0 Å². The predicted molar refractivity (Wildman–Crippen MR) is 103 cm³/mol. The molecule has 2 aliphatic rings. The second-order valence-corrected chi connectivity index (χ2v) is 8.10. The number of carbonyl (C=O) groups excluding carboxylic acids is 1. The van der Waals surface area contributed by atoms with Crippen LogP contribution in [0.3, 0.4) is 0 Å². The zero-order valence-corrected chi connectivity index (χ0v) is 16.1. The monoisotopic (exact) mass is 368 g/mol. The Labute approximate surface area is 160 Å². The lowest BCUT2D eigenvalue weighted by atomic mass is 9.80. The van der Waals surface area contributed by atoms with Crippen LogP contribution in [0.2, 0.25) is 0 Å². The molecule has 0 saturated carbocycles. The summed E-state index contributed by atoms with van der Waals surface area (Å²) in [5, 5.41) is 3.25. The second kappa shape index (κ2) is 7.39. The zero-order valence-electron chi connectivity index (χ0n) is 16.1. The number of fused-ring (bicyclic) bond motifs is 1. The van der Waals surface area contributed by atoms with E-state index in [1.165, 1.54) is 0 Å². The fourth-order valence-electron chi connectivity index (χ4n) is 4.13. The van der Waals surface area contributed by atoms with Crippen molar-refractivity contribution in [3.63, 3.8) is 0 Å². The first-order valence-electron chi connectivity index (χ1n) is 9.88. The Morgan fingerprint density at radius 1 is 1.22 bits per heavy atom. The van der Waals surface area contributed by atoms with E-state index in [0.717, 1.165) is 56.0 Å². The van der Waals surface area contributed by atoms with Gasteiger partial charge in [-0.3, -0.25) is 9.69 Å². The number of benzene rings is 1. The highest BCUT2D eigenvalue weighted by Crippen LogP contribution is 2.44. The lowest BCUT2D eigenvalue weighted by Crippen LogP contribution is -2.52. The largest absolute Gasteiger partial charge is 0.487 e. The van der Waals surface area contributed by atoms with Gasteiger partial charge in [-0.15, -0.1) is 0 Å². The quantitative estimate of drug-likeness (QED) is 0.889. The van der Waals surface area contributed by atoms with Gasteiger partial charge in [0.1, 0.15) is 17.1 Å². The molecule has 0 aliphatic carbocycles. The van der Waals surface area contributed by atoms with Gasteiger partial charge >= 0.3 is 0 Å². The van der Waals surface area contributed by atoms with Crippen LogP contribution in [0, 0.1) is 5.92 Å². The van der Waals surface area contributed by atoms with E-state index >= 15 is 0 Å². The van der Waals surface area contributed by atoms with E-state index in [2.05, 4.69) is 16.3 Å². The van der Waals surface area contributed by atoms with Crippen molar-refractivity contribution in [2.45, 2.75) is 51.3 Å². The molecular weight excluding hydrogens is 340 g/mol. The van der Waals surface area contributed by atoms with E-state index in [1.807, 2.05) is 44.2 Å². The average molecular weight is 368 g/mol. The number of furan rings is 1. The molecule has 0 bridgehead atoms. The molecule has 4 rings (SSSR count). The highest BCUT2D eigenvalue weighted by atomic mass is 16.5. The zero-order chi connectivity index (χ0) is 18.9. The molecule has 1 atom stereocenters. The molecule has 5 heteroatoms. The summed E-state index contributed by atoms with van der Waals surface area (Å²) in [7, 11) is 0. The third-order valence-corrected chi connectivity index (χ3v) is 5.76. The topological polar surface area (TPSA) is 54.7 Å². The van der Waals surface area contributed by atoms with Crippen LogP contribution in [0.4, 0.5) is 0 Å². The number of likely N-dealkylation sites (tertiary alicyclic amines) is 1. The molecule has 1 aromatic heterocycles. The van der Waals surface area contributed by atoms with Crippen molar-refractivity contribution in [3.05, 3.63) is 54.0 Å². The number of nitrogens with one attached hydrogen (secondary N) is 1. The van der Waals surface area contributed by atoms with Gasteiger partial charge in [0.2, 0.25) is 5.91 Å². The Kier molecular flexibility index (Phi) is 4.96.